The number of aliphatic hydroxyl groups is 10. The fraction of sp³-hybridized carbons (Fsp3) is 0.545. The van der Waals surface area contributed by atoms with E-state index in [2.05, 4.69) is 0 Å². The molecule has 3 aliphatic rings. The number of benzene rings is 2. The molecule has 3 aliphatic heterocycles. The van der Waals surface area contributed by atoms with Gasteiger partial charge in [0.15, 0.2) is 11.7 Å². The molecule has 3 aromatic rings. The molecule has 4 heterocycles. The Kier molecular flexibility index (Phi) is 11.1. The average molecular weight is 741 g/mol. The molecule has 0 aliphatic carbocycles. The molecule has 1 aromatic heterocycles. The predicted octanol–water partition coefficient (Wildman–Crippen LogP) is -3.58. The van der Waals surface area contributed by atoms with Crippen LogP contribution in [0.15, 0.2) is 45.6 Å². The van der Waals surface area contributed by atoms with E-state index in [-0.39, 0.29) is 17.1 Å². The molecule has 0 bridgehead atoms. The van der Waals surface area contributed by atoms with E-state index in [0.717, 1.165) is 12.1 Å². The lowest BCUT2D eigenvalue weighted by Crippen LogP contribution is -2.62. The van der Waals surface area contributed by atoms with Crippen LogP contribution in [0, 0.1) is 0 Å². The van der Waals surface area contributed by atoms with Crippen molar-refractivity contribution in [3.63, 3.8) is 0 Å². The summed E-state index contributed by atoms with van der Waals surface area (Å²) in [4.78, 5) is 13.6. The zero-order valence-electron chi connectivity index (χ0n) is 27.3. The standard InChI is InChI=1S/C33H40O19/c1-10-21(38)25(42)28(45)32(47-10)52-31-27(44)23(40)17(8-34)49-30(31)20-16(50-33-29(46)26(43)22(39)18(9-35)51-33)7-15-19(24(20)41)13(37)6-14(48-15)11-2-4-12(36)5-3-11/h2-7,10,17-18,21-23,25-36,38-46H,8-9H2,1H3/t10?,17?,18?,21-,22+,23+,25-,26-,27-,28?,29?,30-,31?,32-,33+/m0/s1. The molecule has 286 valence electrons. The highest BCUT2D eigenvalue weighted by molar-refractivity contribution is 5.88. The van der Waals surface area contributed by atoms with Crippen LogP contribution in [0.2, 0.25) is 0 Å². The fourth-order valence-electron chi connectivity index (χ4n) is 6.48. The molecule has 0 saturated carbocycles. The first kappa shape index (κ1) is 38.2. The second-order valence-corrected chi connectivity index (χ2v) is 12.9. The van der Waals surface area contributed by atoms with Gasteiger partial charge < -0.3 is 89.4 Å². The highest BCUT2D eigenvalue weighted by Crippen LogP contribution is 2.47. The number of phenolic OH excluding ortho intramolecular Hbond substituents is 2. The molecule has 6 unspecified atom stereocenters. The van der Waals surface area contributed by atoms with Gasteiger partial charge in [-0.1, -0.05) is 0 Å². The lowest BCUT2D eigenvalue weighted by atomic mass is 9.89. The maximum Gasteiger partial charge on any atom is 0.229 e. The molecule has 19 nitrogen and oxygen atoms in total. The number of hydrogen-bond acceptors (Lipinski definition) is 19. The Labute approximate surface area is 293 Å². The van der Waals surface area contributed by atoms with Gasteiger partial charge in [0.1, 0.15) is 107 Å². The van der Waals surface area contributed by atoms with Crippen molar-refractivity contribution >= 4 is 11.0 Å². The summed E-state index contributed by atoms with van der Waals surface area (Å²) in [7, 11) is 0. The van der Waals surface area contributed by atoms with Gasteiger partial charge in [-0.25, -0.2) is 0 Å². The Hall–Kier alpha value is -3.51. The van der Waals surface area contributed by atoms with Gasteiger partial charge in [-0.05, 0) is 31.2 Å². The summed E-state index contributed by atoms with van der Waals surface area (Å²) >= 11 is 0. The second-order valence-electron chi connectivity index (χ2n) is 12.9. The van der Waals surface area contributed by atoms with E-state index >= 15 is 0 Å². The summed E-state index contributed by atoms with van der Waals surface area (Å²) in [5.74, 6) is -1.56. The SMILES string of the molecule is CC1O[C@@H](OC2[C@@H](O)[C@H](O)C(CO)O[C@H]2c2c(O[C@@H]3OC(CO)[C@@H](O)[C@H](O)C3O)cc3oc(-c4ccc(O)cc4)cc(=O)c3c2O)C(O)[C@@H](O)[C@H]1O. The smallest absolute Gasteiger partial charge is 0.229 e. The van der Waals surface area contributed by atoms with E-state index in [1.165, 1.54) is 31.2 Å². The molecular weight excluding hydrogens is 700 g/mol. The minimum absolute atomic E-state index is 0.0317. The summed E-state index contributed by atoms with van der Waals surface area (Å²) in [6.45, 7) is -0.384. The van der Waals surface area contributed by atoms with Gasteiger partial charge >= 0.3 is 0 Å². The van der Waals surface area contributed by atoms with Crippen molar-refractivity contribution in [3.05, 3.63) is 52.2 Å². The van der Waals surface area contributed by atoms with E-state index in [1.54, 1.807) is 0 Å². The molecule has 15 atom stereocenters. The van der Waals surface area contributed by atoms with Crippen LogP contribution in [0.1, 0.15) is 18.6 Å². The average Bonchev–Trinajstić information content (AvgIpc) is 3.12. The van der Waals surface area contributed by atoms with E-state index in [4.69, 9.17) is 28.1 Å². The van der Waals surface area contributed by atoms with Gasteiger partial charge in [-0.2, -0.15) is 0 Å². The van der Waals surface area contributed by atoms with Crippen molar-refractivity contribution in [2.24, 2.45) is 0 Å². The normalized spacial score (nSPS) is 38.3. The Morgan fingerprint density at radius 3 is 1.94 bits per heavy atom. The minimum atomic E-state index is -2.01. The monoisotopic (exact) mass is 740 g/mol. The topological polar surface area (TPSA) is 319 Å². The van der Waals surface area contributed by atoms with Gasteiger partial charge in [-0.3, -0.25) is 4.79 Å². The maximum absolute atomic E-state index is 13.6. The first-order valence-corrected chi connectivity index (χ1v) is 16.2. The lowest BCUT2D eigenvalue weighted by molar-refractivity contribution is -0.338. The first-order chi connectivity index (χ1) is 24.7. The highest BCUT2D eigenvalue weighted by Gasteiger charge is 2.52. The van der Waals surface area contributed by atoms with E-state index in [0.29, 0.717) is 5.56 Å². The molecule has 0 amide bonds. The Balaban J connectivity index is 1.52. The van der Waals surface area contributed by atoms with E-state index in [1.807, 2.05) is 0 Å². The van der Waals surface area contributed by atoms with Crippen LogP contribution in [0.4, 0.5) is 0 Å². The molecule has 0 radical (unpaired) electrons. The molecule has 0 spiro atoms. The number of aliphatic hydroxyl groups excluding tert-OH is 10. The highest BCUT2D eigenvalue weighted by atomic mass is 16.7. The first-order valence-electron chi connectivity index (χ1n) is 16.2. The lowest BCUT2D eigenvalue weighted by Gasteiger charge is -2.46. The quantitative estimate of drug-likeness (QED) is 0.106. The molecular formula is C33H40O19. The van der Waals surface area contributed by atoms with Crippen molar-refractivity contribution in [3.8, 4) is 28.6 Å². The third-order valence-corrected chi connectivity index (χ3v) is 9.49. The predicted molar refractivity (Wildman–Crippen MR) is 170 cm³/mol. The Morgan fingerprint density at radius 1 is 0.692 bits per heavy atom. The Bertz CT molecular complexity index is 1760. The van der Waals surface area contributed by atoms with Crippen LogP contribution in [0.3, 0.4) is 0 Å². The third kappa shape index (κ3) is 6.85. The van der Waals surface area contributed by atoms with Crippen molar-refractivity contribution in [2.45, 2.75) is 98.9 Å². The van der Waals surface area contributed by atoms with E-state index in [9.17, 15) is 66.1 Å². The van der Waals surface area contributed by atoms with Crippen LogP contribution in [0.5, 0.6) is 17.2 Å². The molecule has 3 fully saturated rings. The molecule has 19 heteroatoms. The second kappa shape index (κ2) is 15.1. The molecule has 52 heavy (non-hydrogen) atoms. The van der Waals surface area contributed by atoms with Crippen LogP contribution in [0.25, 0.3) is 22.3 Å². The number of ether oxygens (including phenoxy) is 5. The van der Waals surface area contributed by atoms with Gasteiger partial charge in [0.25, 0.3) is 0 Å². The number of fused-ring (bicyclic) bond motifs is 1. The summed E-state index contributed by atoms with van der Waals surface area (Å²) in [5, 5.41) is 126. The van der Waals surface area contributed by atoms with Crippen molar-refractivity contribution in [1.82, 2.24) is 0 Å². The van der Waals surface area contributed by atoms with Gasteiger partial charge in [-0.15, -0.1) is 0 Å². The van der Waals surface area contributed by atoms with Crippen LogP contribution in [-0.4, -0.2) is 160 Å². The molecule has 6 rings (SSSR count). The largest absolute Gasteiger partial charge is 0.508 e. The molecule has 3 saturated heterocycles. The molecule has 2 aromatic carbocycles. The van der Waals surface area contributed by atoms with E-state index < -0.39 is 133 Å². The third-order valence-electron chi connectivity index (χ3n) is 9.49. The maximum atomic E-state index is 13.6. The van der Waals surface area contributed by atoms with Crippen LogP contribution < -0.4 is 10.2 Å². The number of phenols is 2. The van der Waals surface area contributed by atoms with Crippen molar-refractivity contribution in [2.75, 3.05) is 13.2 Å². The molecule has 12 N–H and O–H groups in total. The zero-order valence-corrected chi connectivity index (χ0v) is 27.3. The van der Waals surface area contributed by atoms with Crippen LogP contribution in [-0.2, 0) is 18.9 Å². The summed E-state index contributed by atoms with van der Waals surface area (Å²) in [5.41, 5.74) is -1.37. The van der Waals surface area contributed by atoms with Crippen molar-refractivity contribution < 1.29 is 89.4 Å². The number of hydrogen-bond donors (Lipinski definition) is 12. The Morgan fingerprint density at radius 2 is 1.29 bits per heavy atom. The van der Waals surface area contributed by atoms with Crippen molar-refractivity contribution in [1.29, 1.82) is 0 Å². The summed E-state index contributed by atoms with van der Waals surface area (Å²) < 4.78 is 34.7. The summed E-state index contributed by atoms with van der Waals surface area (Å²) in [6.07, 6.45) is -26.4. The zero-order chi connectivity index (χ0) is 37.8. The van der Waals surface area contributed by atoms with Gasteiger partial charge in [0, 0.05) is 17.7 Å². The fourth-order valence-corrected chi connectivity index (χ4v) is 6.48. The van der Waals surface area contributed by atoms with Crippen LogP contribution >= 0.6 is 0 Å². The number of aromatic hydroxyl groups is 2. The minimum Gasteiger partial charge on any atom is -0.508 e. The van der Waals surface area contributed by atoms with Gasteiger partial charge in [0.05, 0.1) is 24.9 Å². The summed E-state index contributed by atoms with van der Waals surface area (Å²) in [6, 6.07) is 7.63. The number of rotatable bonds is 8. The van der Waals surface area contributed by atoms with Gasteiger partial charge in [0.2, 0.25) is 6.29 Å².